The maximum Gasteiger partial charge on any atom is 0.240 e. The van der Waals surface area contributed by atoms with Gasteiger partial charge in [0.1, 0.15) is 5.82 Å². The number of morpholine rings is 1. The van der Waals surface area contributed by atoms with Gasteiger partial charge in [-0.1, -0.05) is 6.07 Å². The van der Waals surface area contributed by atoms with Gasteiger partial charge in [-0.05, 0) is 42.0 Å². The fraction of sp³-hybridized carbons (Fsp3) is 0.368. The molecule has 0 aromatic heterocycles. The first-order valence-corrected chi connectivity index (χ1v) is 10.5. The summed E-state index contributed by atoms with van der Waals surface area (Å²) in [5.74, 6) is 0.846. The Balaban J connectivity index is 1.56. The molecule has 2 heterocycles. The number of hydrogen-bond donors (Lipinski definition) is 1. The maximum atomic E-state index is 13.1. The number of fused-ring (bicyclic) bond motifs is 1. The molecule has 0 bridgehead atoms. The molecule has 0 spiro atoms. The largest absolute Gasteiger partial charge is 0.454 e. The van der Waals surface area contributed by atoms with Crippen molar-refractivity contribution in [2.45, 2.75) is 10.9 Å². The summed E-state index contributed by atoms with van der Waals surface area (Å²) in [6, 6.07) is 10.2. The van der Waals surface area contributed by atoms with Crippen molar-refractivity contribution in [2.75, 3.05) is 39.6 Å². The zero-order valence-electron chi connectivity index (χ0n) is 15.1. The van der Waals surface area contributed by atoms with Gasteiger partial charge in [0.05, 0.1) is 18.1 Å². The van der Waals surface area contributed by atoms with Gasteiger partial charge in [-0.25, -0.2) is 17.5 Å². The Labute approximate surface area is 163 Å². The summed E-state index contributed by atoms with van der Waals surface area (Å²) in [5, 5.41) is 0. The molecule has 2 aromatic carbocycles. The summed E-state index contributed by atoms with van der Waals surface area (Å²) >= 11 is 0. The number of benzene rings is 2. The Morgan fingerprint density at radius 1 is 1.04 bits per heavy atom. The molecule has 0 saturated carbocycles. The Kier molecular flexibility index (Phi) is 5.49. The lowest BCUT2D eigenvalue weighted by Gasteiger charge is -2.35. The lowest BCUT2D eigenvalue weighted by molar-refractivity contribution is 0.0171. The molecule has 7 nitrogen and oxygen atoms in total. The van der Waals surface area contributed by atoms with Crippen molar-refractivity contribution in [2.24, 2.45) is 0 Å². The van der Waals surface area contributed by atoms with Crippen LogP contribution in [-0.2, 0) is 14.8 Å². The molecule has 1 atom stereocenters. The minimum absolute atomic E-state index is 0.0281. The normalized spacial score (nSPS) is 18.2. The molecule has 2 aliphatic heterocycles. The SMILES string of the molecule is O=S(=O)(NC[C@@H](c1ccc2c(c1)OCO2)N1CCOCC1)c1ccc(F)cc1. The number of ether oxygens (including phenoxy) is 3. The molecule has 2 aromatic rings. The summed E-state index contributed by atoms with van der Waals surface area (Å²) in [6.07, 6.45) is 0. The van der Waals surface area contributed by atoms with Gasteiger partial charge in [-0.2, -0.15) is 0 Å². The van der Waals surface area contributed by atoms with Gasteiger partial charge in [0.2, 0.25) is 16.8 Å². The fourth-order valence-corrected chi connectivity index (χ4v) is 4.39. The number of sulfonamides is 1. The Hall–Kier alpha value is -2.20. The first-order valence-electron chi connectivity index (χ1n) is 8.99. The summed E-state index contributed by atoms with van der Waals surface area (Å²) in [6.45, 7) is 2.91. The van der Waals surface area contributed by atoms with Crippen molar-refractivity contribution in [3.05, 3.63) is 53.8 Å². The molecule has 1 fully saturated rings. The van der Waals surface area contributed by atoms with Gasteiger partial charge < -0.3 is 14.2 Å². The Morgan fingerprint density at radius 2 is 1.75 bits per heavy atom. The van der Waals surface area contributed by atoms with Crippen LogP contribution in [-0.4, -0.2) is 53.0 Å². The second kappa shape index (κ2) is 8.04. The quantitative estimate of drug-likeness (QED) is 0.787. The van der Waals surface area contributed by atoms with Crippen molar-refractivity contribution in [1.82, 2.24) is 9.62 Å². The highest BCUT2D eigenvalue weighted by molar-refractivity contribution is 7.89. The van der Waals surface area contributed by atoms with Crippen molar-refractivity contribution < 1.29 is 27.0 Å². The molecule has 0 amide bonds. The molecule has 9 heteroatoms. The molecule has 0 aliphatic carbocycles. The van der Waals surface area contributed by atoms with Crippen LogP contribution in [0.1, 0.15) is 11.6 Å². The molecule has 150 valence electrons. The van der Waals surface area contributed by atoms with E-state index in [-0.39, 0.29) is 24.3 Å². The first kappa shape index (κ1) is 19.1. The van der Waals surface area contributed by atoms with Crippen molar-refractivity contribution >= 4 is 10.0 Å². The van der Waals surface area contributed by atoms with Crippen LogP contribution in [0.2, 0.25) is 0 Å². The van der Waals surface area contributed by atoms with Crippen LogP contribution < -0.4 is 14.2 Å². The van der Waals surface area contributed by atoms with Crippen molar-refractivity contribution in [1.29, 1.82) is 0 Å². The number of halogens is 1. The topological polar surface area (TPSA) is 77.1 Å². The van der Waals surface area contributed by atoms with Crippen molar-refractivity contribution in [3.63, 3.8) is 0 Å². The van der Waals surface area contributed by atoms with Gasteiger partial charge in [0, 0.05) is 25.7 Å². The van der Waals surface area contributed by atoms with Gasteiger partial charge in [-0.15, -0.1) is 0 Å². The Bertz CT molecular complexity index is 930. The number of nitrogens with zero attached hydrogens (tertiary/aromatic N) is 1. The zero-order valence-corrected chi connectivity index (χ0v) is 16.0. The molecular weight excluding hydrogens is 387 g/mol. The zero-order chi connectivity index (χ0) is 19.6. The highest BCUT2D eigenvalue weighted by Gasteiger charge is 2.27. The van der Waals surface area contributed by atoms with Crippen LogP contribution in [0.3, 0.4) is 0 Å². The van der Waals surface area contributed by atoms with Crippen molar-refractivity contribution in [3.8, 4) is 11.5 Å². The number of nitrogens with one attached hydrogen (secondary N) is 1. The predicted molar refractivity (Wildman–Crippen MR) is 99.3 cm³/mol. The van der Waals surface area contributed by atoms with Crippen LogP contribution in [0.15, 0.2) is 47.4 Å². The van der Waals surface area contributed by atoms with Gasteiger partial charge >= 0.3 is 0 Å². The molecular formula is C19H21FN2O5S. The molecule has 0 unspecified atom stereocenters. The highest BCUT2D eigenvalue weighted by atomic mass is 32.2. The van der Waals surface area contributed by atoms with E-state index in [1.54, 1.807) is 0 Å². The summed E-state index contributed by atoms with van der Waals surface area (Å²) in [7, 11) is -3.76. The van der Waals surface area contributed by atoms with Crippen LogP contribution in [0.5, 0.6) is 11.5 Å². The average molecular weight is 408 g/mol. The second-order valence-electron chi connectivity index (χ2n) is 6.58. The van der Waals surface area contributed by atoms with Crippen LogP contribution in [0, 0.1) is 5.82 Å². The van der Waals surface area contributed by atoms with E-state index in [0.717, 1.165) is 17.7 Å². The number of rotatable bonds is 6. The van der Waals surface area contributed by atoms with E-state index >= 15 is 0 Å². The third kappa shape index (κ3) is 4.12. The average Bonchev–Trinajstić information content (AvgIpc) is 3.17. The minimum Gasteiger partial charge on any atom is -0.454 e. The van der Waals surface area contributed by atoms with E-state index in [1.807, 2.05) is 18.2 Å². The van der Waals surface area contributed by atoms with Crippen LogP contribution in [0.4, 0.5) is 4.39 Å². The van der Waals surface area contributed by atoms with E-state index in [2.05, 4.69) is 9.62 Å². The highest BCUT2D eigenvalue weighted by Crippen LogP contribution is 2.35. The molecule has 1 N–H and O–H groups in total. The molecule has 2 aliphatic rings. The standard InChI is InChI=1S/C19H21FN2O5S/c20-15-2-4-16(5-3-15)28(23,24)21-12-17(22-7-9-25-10-8-22)14-1-6-18-19(11-14)27-13-26-18/h1-6,11,17,21H,7-10,12-13H2/t17-/m0/s1. The first-order chi connectivity index (χ1) is 13.5. The monoisotopic (exact) mass is 408 g/mol. The van der Waals surface area contributed by atoms with Crippen LogP contribution in [0.25, 0.3) is 0 Å². The molecule has 1 saturated heterocycles. The van der Waals surface area contributed by atoms with Gasteiger partial charge in [0.25, 0.3) is 0 Å². The second-order valence-corrected chi connectivity index (χ2v) is 8.35. The lowest BCUT2D eigenvalue weighted by atomic mass is 10.0. The molecule has 0 radical (unpaired) electrons. The van der Waals surface area contributed by atoms with E-state index in [0.29, 0.717) is 37.8 Å². The minimum atomic E-state index is -3.76. The lowest BCUT2D eigenvalue weighted by Crippen LogP contribution is -2.43. The van der Waals surface area contributed by atoms with Gasteiger partial charge in [0.15, 0.2) is 11.5 Å². The molecule has 4 rings (SSSR count). The van der Waals surface area contributed by atoms with E-state index in [9.17, 15) is 12.8 Å². The van der Waals surface area contributed by atoms with E-state index in [1.165, 1.54) is 12.1 Å². The summed E-state index contributed by atoms with van der Waals surface area (Å²) in [5.41, 5.74) is 0.924. The predicted octanol–water partition coefficient (Wildman–Crippen LogP) is 1.91. The molecule has 28 heavy (non-hydrogen) atoms. The maximum absolute atomic E-state index is 13.1. The third-order valence-corrected chi connectivity index (χ3v) is 6.30. The van der Waals surface area contributed by atoms with E-state index < -0.39 is 15.8 Å². The smallest absolute Gasteiger partial charge is 0.240 e. The summed E-state index contributed by atoms with van der Waals surface area (Å²) < 4.78 is 57.3. The van der Waals surface area contributed by atoms with Crippen LogP contribution >= 0.6 is 0 Å². The van der Waals surface area contributed by atoms with E-state index in [4.69, 9.17) is 14.2 Å². The van der Waals surface area contributed by atoms with Gasteiger partial charge in [-0.3, -0.25) is 4.90 Å². The third-order valence-electron chi connectivity index (χ3n) is 4.86. The Morgan fingerprint density at radius 3 is 2.50 bits per heavy atom. The number of hydrogen-bond acceptors (Lipinski definition) is 6. The fourth-order valence-electron chi connectivity index (χ4n) is 3.35. The summed E-state index contributed by atoms with van der Waals surface area (Å²) in [4.78, 5) is 2.20.